The molecule has 0 spiro atoms. The van der Waals surface area contributed by atoms with Crippen LogP contribution in [0.15, 0.2) is 9.59 Å². The third-order valence-electron chi connectivity index (χ3n) is 6.21. The van der Waals surface area contributed by atoms with Gasteiger partial charge in [0.2, 0.25) is 0 Å². The maximum absolute atomic E-state index is 13.0. The maximum Gasteiger partial charge on any atom is 0.332 e. The minimum absolute atomic E-state index is 0.0440. The standard InChI is InChI=1S/C18H28N4O3/c1-11(22-9-8-12-6-4-5-7-13(12)10-22)15(23)14-16(19)20(2)18(25)21(3)17(14)24/h11-13H,4-10,19H2,1-3H3/t11-,12-,13-/m1/s1. The number of piperidine rings is 1. The molecular weight excluding hydrogens is 320 g/mol. The Morgan fingerprint density at radius 1 is 1.08 bits per heavy atom. The number of ketones is 1. The second-order valence-corrected chi connectivity index (χ2v) is 7.59. The molecule has 2 N–H and O–H groups in total. The van der Waals surface area contributed by atoms with Gasteiger partial charge in [-0.1, -0.05) is 19.3 Å². The van der Waals surface area contributed by atoms with Gasteiger partial charge in [-0.3, -0.25) is 23.6 Å². The van der Waals surface area contributed by atoms with Crippen LogP contribution in [-0.4, -0.2) is 38.9 Å². The monoisotopic (exact) mass is 348 g/mol. The molecule has 0 unspecified atom stereocenters. The van der Waals surface area contributed by atoms with Crippen LogP contribution in [0.3, 0.4) is 0 Å². The molecule has 1 aromatic heterocycles. The minimum Gasteiger partial charge on any atom is -0.384 e. The molecule has 0 radical (unpaired) electrons. The molecule has 1 aliphatic heterocycles. The SMILES string of the molecule is C[C@H](C(=O)c1c(N)n(C)c(=O)n(C)c1=O)N1CC[C@H]2CCCC[C@@H]2C1. The van der Waals surface area contributed by atoms with Gasteiger partial charge in [-0.2, -0.15) is 0 Å². The Kier molecular flexibility index (Phi) is 4.86. The van der Waals surface area contributed by atoms with Crippen LogP contribution >= 0.6 is 0 Å². The molecule has 3 rings (SSSR count). The summed E-state index contributed by atoms with van der Waals surface area (Å²) >= 11 is 0. The van der Waals surface area contributed by atoms with Crippen molar-refractivity contribution in [3.05, 3.63) is 26.4 Å². The van der Waals surface area contributed by atoms with Crippen LogP contribution in [0.5, 0.6) is 0 Å². The number of nitrogens with zero attached hydrogens (tertiary/aromatic N) is 3. The van der Waals surface area contributed by atoms with Gasteiger partial charge in [-0.25, -0.2) is 4.79 Å². The number of likely N-dealkylation sites (tertiary alicyclic amines) is 1. The molecule has 138 valence electrons. The number of nitrogens with two attached hydrogens (primary N) is 1. The Labute approximate surface area is 147 Å². The number of carbonyl (C=O) groups is 1. The highest BCUT2D eigenvalue weighted by Crippen LogP contribution is 2.36. The van der Waals surface area contributed by atoms with Crippen molar-refractivity contribution in [1.82, 2.24) is 14.0 Å². The Morgan fingerprint density at radius 3 is 2.40 bits per heavy atom. The van der Waals surface area contributed by atoms with Gasteiger partial charge >= 0.3 is 5.69 Å². The van der Waals surface area contributed by atoms with E-state index in [-0.39, 0.29) is 17.2 Å². The molecule has 0 aromatic carbocycles. The molecule has 1 aliphatic carbocycles. The molecule has 7 nitrogen and oxygen atoms in total. The Hall–Kier alpha value is -1.89. The van der Waals surface area contributed by atoms with Crippen LogP contribution in [0.25, 0.3) is 0 Å². The molecule has 2 fully saturated rings. The number of nitrogen functional groups attached to an aromatic ring is 1. The highest BCUT2D eigenvalue weighted by Gasteiger charge is 2.36. The second-order valence-electron chi connectivity index (χ2n) is 7.59. The van der Waals surface area contributed by atoms with Gasteiger partial charge in [0, 0.05) is 20.6 Å². The van der Waals surface area contributed by atoms with Gasteiger partial charge in [-0.15, -0.1) is 0 Å². The Morgan fingerprint density at radius 2 is 1.72 bits per heavy atom. The van der Waals surface area contributed by atoms with E-state index in [1.807, 2.05) is 6.92 Å². The van der Waals surface area contributed by atoms with E-state index in [0.29, 0.717) is 5.92 Å². The molecule has 1 aromatic rings. The van der Waals surface area contributed by atoms with E-state index >= 15 is 0 Å². The predicted molar refractivity (Wildman–Crippen MR) is 96.8 cm³/mol. The fraction of sp³-hybridized carbons (Fsp3) is 0.722. The van der Waals surface area contributed by atoms with Gasteiger partial charge in [0.15, 0.2) is 5.78 Å². The number of carbonyl (C=O) groups excluding carboxylic acids is 1. The molecule has 1 saturated carbocycles. The summed E-state index contributed by atoms with van der Waals surface area (Å²) < 4.78 is 2.11. The molecule has 7 heteroatoms. The van der Waals surface area contributed by atoms with Crippen LogP contribution in [0.1, 0.15) is 49.4 Å². The first-order valence-corrected chi connectivity index (χ1v) is 9.16. The summed E-state index contributed by atoms with van der Waals surface area (Å²) in [7, 11) is 2.85. The number of aromatic nitrogens is 2. The smallest absolute Gasteiger partial charge is 0.332 e. The fourth-order valence-electron chi connectivity index (χ4n) is 4.45. The van der Waals surface area contributed by atoms with Gasteiger partial charge in [0.25, 0.3) is 5.56 Å². The molecule has 0 bridgehead atoms. The summed E-state index contributed by atoms with van der Waals surface area (Å²) in [6, 6.07) is -0.407. The van der Waals surface area contributed by atoms with Gasteiger partial charge in [0.05, 0.1) is 6.04 Å². The Bertz CT molecular complexity index is 795. The molecule has 1 saturated heterocycles. The molecule has 0 amide bonds. The zero-order valence-electron chi connectivity index (χ0n) is 15.3. The van der Waals surface area contributed by atoms with E-state index in [1.54, 1.807) is 0 Å². The third-order valence-corrected chi connectivity index (χ3v) is 6.21. The number of hydrogen-bond acceptors (Lipinski definition) is 5. The highest BCUT2D eigenvalue weighted by atomic mass is 16.2. The van der Waals surface area contributed by atoms with Crippen molar-refractivity contribution in [2.45, 2.75) is 45.1 Å². The van der Waals surface area contributed by atoms with Crippen molar-refractivity contribution in [3.8, 4) is 0 Å². The van der Waals surface area contributed by atoms with Crippen molar-refractivity contribution in [2.24, 2.45) is 25.9 Å². The maximum atomic E-state index is 13.0. The predicted octanol–water partition coefficient (Wildman–Crippen LogP) is 0.749. The summed E-state index contributed by atoms with van der Waals surface area (Å²) in [4.78, 5) is 39.6. The number of Topliss-reactive ketones (excluding diaryl/α,β-unsaturated/α-hetero) is 1. The van der Waals surface area contributed by atoms with E-state index in [9.17, 15) is 14.4 Å². The number of fused-ring (bicyclic) bond motifs is 1. The molecular formula is C18H28N4O3. The molecule has 3 atom stereocenters. The topological polar surface area (TPSA) is 90.3 Å². The van der Waals surface area contributed by atoms with Gasteiger partial charge in [0.1, 0.15) is 11.4 Å². The van der Waals surface area contributed by atoms with Crippen LogP contribution in [0, 0.1) is 11.8 Å². The average Bonchev–Trinajstić information content (AvgIpc) is 2.63. The average molecular weight is 348 g/mol. The first-order valence-electron chi connectivity index (χ1n) is 9.16. The summed E-state index contributed by atoms with van der Waals surface area (Å²) in [5.74, 6) is 1.10. The van der Waals surface area contributed by atoms with Crippen molar-refractivity contribution >= 4 is 11.6 Å². The lowest BCUT2D eigenvalue weighted by atomic mass is 9.75. The quantitative estimate of drug-likeness (QED) is 0.814. The molecule has 2 aliphatic rings. The lowest BCUT2D eigenvalue weighted by Gasteiger charge is -2.43. The zero-order valence-corrected chi connectivity index (χ0v) is 15.3. The number of hydrogen-bond donors (Lipinski definition) is 1. The fourth-order valence-corrected chi connectivity index (χ4v) is 4.45. The van der Waals surface area contributed by atoms with Crippen LogP contribution in [-0.2, 0) is 14.1 Å². The van der Waals surface area contributed by atoms with Crippen LogP contribution in [0.4, 0.5) is 5.82 Å². The van der Waals surface area contributed by atoms with E-state index in [4.69, 9.17) is 5.73 Å². The summed E-state index contributed by atoms with van der Waals surface area (Å²) in [5.41, 5.74) is 4.75. The van der Waals surface area contributed by atoms with E-state index in [2.05, 4.69) is 4.90 Å². The van der Waals surface area contributed by atoms with Crippen molar-refractivity contribution in [2.75, 3.05) is 18.8 Å². The third kappa shape index (κ3) is 3.05. The van der Waals surface area contributed by atoms with Crippen molar-refractivity contribution < 1.29 is 4.79 Å². The van der Waals surface area contributed by atoms with E-state index < -0.39 is 17.3 Å². The largest absolute Gasteiger partial charge is 0.384 e. The van der Waals surface area contributed by atoms with Crippen LogP contribution < -0.4 is 17.0 Å². The first kappa shape index (κ1) is 17.9. The lowest BCUT2D eigenvalue weighted by molar-refractivity contribution is 0.0517. The lowest BCUT2D eigenvalue weighted by Crippen LogP contribution is -2.50. The molecule has 2 heterocycles. The summed E-state index contributed by atoms with van der Waals surface area (Å²) in [6.07, 6.45) is 6.23. The zero-order chi connectivity index (χ0) is 18.3. The summed E-state index contributed by atoms with van der Waals surface area (Å²) in [5, 5.41) is 0. The minimum atomic E-state index is -0.606. The highest BCUT2D eigenvalue weighted by molar-refractivity contribution is 6.03. The van der Waals surface area contributed by atoms with Crippen LogP contribution in [0.2, 0.25) is 0 Å². The van der Waals surface area contributed by atoms with E-state index in [0.717, 1.165) is 34.6 Å². The summed E-state index contributed by atoms with van der Waals surface area (Å²) in [6.45, 7) is 3.62. The number of rotatable bonds is 3. The van der Waals surface area contributed by atoms with Gasteiger partial charge in [-0.05, 0) is 38.1 Å². The number of anilines is 1. The van der Waals surface area contributed by atoms with Gasteiger partial charge < -0.3 is 5.73 Å². The molecule has 25 heavy (non-hydrogen) atoms. The second kappa shape index (κ2) is 6.78. The van der Waals surface area contributed by atoms with Crippen molar-refractivity contribution in [1.29, 1.82) is 0 Å². The Balaban J connectivity index is 1.86. The van der Waals surface area contributed by atoms with E-state index in [1.165, 1.54) is 39.8 Å². The normalized spacial score (nSPS) is 25.4. The first-order chi connectivity index (χ1) is 11.8. The van der Waals surface area contributed by atoms with Crippen molar-refractivity contribution in [3.63, 3.8) is 0 Å².